The molecule has 0 aliphatic carbocycles. The third-order valence-electron chi connectivity index (χ3n) is 4.80. The third-order valence-corrected chi connectivity index (χ3v) is 5.06. The number of benzene rings is 1. The van der Waals surface area contributed by atoms with Crippen molar-refractivity contribution in [1.82, 2.24) is 15.1 Å². The van der Waals surface area contributed by atoms with E-state index in [4.69, 9.17) is 21.1 Å². The molecule has 10 heteroatoms. The van der Waals surface area contributed by atoms with E-state index in [9.17, 15) is 14.4 Å². The molecular weight excluding hydrogens is 412 g/mol. The fourth-order valence-corrected chi connectivity index (χ4v) is 3.46. The predicted octanol–water partition coefficient (Wildman–Crippen LogP) is 1.89. The highest BCUT2D eigenvalue weighted by molar-refractivity contribution is 6.30. The summed E-state index contributed by atoms with van der Waals surface area (Å²) in [4.78, 5) is 40.0. The minimum atomic E-state index is -1.30. The van der Waals surface area contributed by atoms with Crippen molar-refractivity contribution in [2.24, 2.45) is 0 Å². The Morgan fingerprint density at radius 2 is 2.00 bits per heavy atom. The van der Waals surface area contributed by atoms with E-state index in [1.54, 1.807) is 38.1 Å². The highest BCUT2D eigenvalue weighted by atomic mass is 35.5. The number of aromatic nitrogens is 2. The number of anilines is 1. The highest BCUT2D eigenvalue weighted by Crippen LogP contribution is 2.33. The average molecular weight is 435 g/mol. The van der Waals surface area contributed by atoms with Gasteiger partial charge in [-0.3, -0.25) is 19.2 Å². The number of rotatable bonds is 7. The maximum Gasteiger partial charge on any atom is 0.358 e. The van der Waals surface area contributed by atoms with Gasteiger partial charge in [-0.25, -0.2) is 4.79 Å². The summed E-state index contributed by atoms with van der Waals surface area (Å²) in [5.41, 5.74) is -0.599. The van der Waals surface area contributed by atoms with Crippen LogP contribution in [0.3, 0.4) is 0 Å². The molecule has 3 rings (SSSR count). The fourth-order valence-electron chi connectivity index (χ4n) is 3.34. The third kappa shape index (κ3) is 4.03. The van der Waals surface area contributed by atoms with Crippen molar-refractivity contribution in [3.8, 4) is 0 Å². The van der Waals surface area contributed by atoms with Crippen LogP contribution in [-0.2, 0) is 20.8 Å². The van der Waals surface area contributed by atoms with Gasteiger partial charge in [0.1, 0.15) is 11.2 Å². The Labute approximate surface area is 178 Å². The number of nitrogens with one attached hydrogen (secondary N) is 1. The molecule has 30 heavy (non-hydrogen) atoms. The number of carbonyl (C=O) groups is 3. The lowest BCUT2D eigenvalue weighted by Gasteiger charge is -2.43. The normalized spacial score (nSPS) is 18.1. The summed E-state index contributed by atoms with van der Waals surface area (Å²) in [7, 11) is 1.53. The van der Waals surface area contributed by atoms with Crippen molar-refractivity contribution in [3.05, 3.63) is 46.7 Å². The van der Waals surface area contributed by atoms with Gasteiger partial charge in [0.15, 0.2) is 5.69 Å². The molecule has 0 bridgehead atoms. The number of halogens is 1. The maximum atomic E-state index is 13.4. The summed E-state index contributed by atoms with van der Waals surface area (Å²) in [6.07, 6.45) is 0. The van der Waals surface area contributed by atoms with Gasteiger partial charge in [0.05, 0.1) is 19.8 Å². The van der Waals surface area contributed by atoms with E-state index < -0.39 is 17.4 Å². The number of methoxy groups -OCH3 is 1. The van der Waals surface area contributed by atoms with Crippen LogP contribution in [0.15, 0.2) is 30.3 Å². The second kappa shape index (κ2) is 8.85. The molecule has 0 saturated heterocycles. The summed E-state index contributed by atoms with van der Waals surface area (Å²) in [6.45, 7) is 4.18. The van der Waals surface area contributed by atoms with Gasteiger partial charge in [-0.2, -0.15) is 5.10 Å². The number of carbonyl (C=O) groups excluding carboxylic acids is 3. The monoisotopic (exact) mass is 434 g/mol. The topological polar surface area (TPSA) is 103 Å². The fraction of sp³-hybridized carbons (Fsp3) is 0.400. The number of amides is 2. The maximum absolute atomic E-state index is 13.4. The molecule has 160 valence electrons. The standard InChI is InChI=1S/C20H23ClN4O5/c1-4-30-18(27)15-11-16-17(26)25(14-7-5-13(21)6-8-14)20(2,12-24(16)23-15)19(28)22-9-10-29-3/h5-8,11H,4,9-10,12H2,1-3H3,(H,22,28)/t20-/m0/s1. The van der Waals surface area contributed by atoms with Crippen molar-refractivity contribution in [3.63, 3.8) is 0 Å². The van der Waals surface area contributed by atoms with Crippen LogP contribution in [-0.4, -0.2) is 60.0 Å². The molecule has 1 aromatic carbocycles. The van der Waals surface area contributed by atoms with E-state index in [0.29, 0.717) is 17.3 Å². The van der Waals surface area contributed by atoms with Crippen molar-refractivity contribution in [2.75, 3.05) is 31.8 Å². The van der Waals surface area contributed by atoms with Crippen LogP contribution >= 0.6 is 11.6 Å². The molecule has 2 heterocycles. The summed E-state index contributed by atoms with van der Waals surface area (Å²) in [6, 6.07) is 8.00. The van der Waals surface area contributed by atoms with Crippen LogP contribution in [0.2, 0.25) is 5.02 Å². The SMILES string of the molecule is CCOC(=O)c1cc2n(n1)C[C@@](C)(C(=O)NCCOC)N(c1ccc(Cl)cc1)C2=O. The van der Waals surface area contributed by atoms with Crippen molar-refractivity contribution in [1.29, 1.82) is 0 Å². The van der Waals surface area contributed by atoms with Gasteiger partial charge >= 0.3 is 5.97 Å². The number of fused-ring (bicyclic) bond motifs is 1. The van der Waals surface area contributed by atoms with Crippen LogP contribution in [0.5, 0.6) is 0 Å². The first kappa shape index (κ1) is 21.8. The Balaban J connectivity index is 2.05. The number of nitrogens with zero attached hydrogens (tertiary/aromatic N) is 3. The van der Waals surface area contributed by atoms with Crippen molar-refractivity contribution < 1.29 is 23.9 Å². The Kier molecular flexibility index (Phi) is 6.42. The molecule has 1 atom stereocenters. The molecule has 0 saturated carbocycles. The zero-order valence-electron chi connectivity index (χ0n) is 17.0. The van der Waals surface area contributed by atoms with E-state index in [1.165, 1.54) is 22.8 Å². The zero-order valence-corrected chi connectivity index (χ0v) is 17.7. The Bertz CT molecular complexity index is 959. The van der Waals surface area contributed by atoms with Gasteiger partial charge in [-0.15, -0.1) is 0 Å². The van der Waals surface area contributed by atoms with Crippen LogP contribution < -0.4 is 10.2 Å². The second-order valence-corrected chi connectivity index (χ2v) is 7.37. The van der Waals surface area contributed by atoms with E-state index in [0.717, 1.165) is 0 Å². The molecule has 1 aromatic heterocycles. The quantitative estimate of drug-likeness (QED) is 0.527. The number of ether oxygens (including phenoxy) is 2. The lowest BCUT2D eigenvalue weighted by Crippen LogP contribution is -2.64. The van der Waals surface area contributed by atoms with E-state index in [2.05, 4.69) is 10.4 Å². The molecule has 2 amide bonds. The molecule has 9 nitrogen and oxygen atoms in total. The second-order valence-electron chi connectivity index (χ2n) is 6.93. The van der Waals surface area contributed by atoms with Crippen LogP contribution in [0.4, 0.5) is 5.69 Å². The first-order chi connectivity index (χ1) is 14.3. The van der Waals surface area contributed by atoms with Gasteiger partial charge in [0.25, 0.3) is 5.91 Å². The molecule has 2 aromatic rings. The minimum absolute atomic E-state index is 0.0142. The zero-order chi connectivity index (χ0) is 21.9. The summed E-state index contributed by atoms with van der Waals surface area (Å²) in [5.74, 6) is -1.46. The molecule has 0 spiro atoms. The Morgan fingerprint density at radius 1 is 1.30 bits per heavy atom. The van der Waals surface area contributed by atoms with E-state index in [-0.39, 0.29) is 37.0 Å². The average Bonchev–Trinajstić information content (AvgIpc) is 3.14. The molecular formula is C20H23ClN4O5. The number of hydrogen-bond acceptors (Lipinski definition) is 6. The van der Waals surface area contributed by atoms with Crippen LogP contribution in [0.25, 0.3) is 0 Å². The lowest BCUT2D eigenvalue weighted by atomic mass is 9.94. The van der Waals surface area contributed by atoms with Gasteiger partial charge in [0, 0.05) is 30.4 Å². The minimum Gasteiger partial charge on any atom is -0.461 e. The Morgan fingerprint density at radius 3 is 2.63 bits per heavy atom. The van der Waals surface area contributed by atoms with Gasteiger partial charge < -0.3 is 14.8 Å². The van der Waals surface area contributed by atoms with Crippen LogP contribution in [0.1, 0.15) is 34.8 Å². The van der Waals surface area contributed by atoms with Crippen molar-refractivity contribution in [2.45, 2.75) is 25.9 Å². The molecule has 0 fully saturated rings. The molecule has 1 aliphatic heterocycles. The van der Waals surface area contributed by atoms with Gasteiger partial charge in [-0.05, 0) is 38.1 Å². The van der Waals surface area contributed by atoms with E-state index >= 15 is 0 Å². The van der Waals surface area contributed by atoms with Gasteiger partial charge in [-0.1, -0.05) is 11.6 Å². The Hall–Kier alpha value is -2.91. The summed E-state index contributed by atoms with van der Waals surface area (Å²) in [5, 5.41) is 7.50. The number of hydrogen-bond donors (Lipinski definition) is 1. The molecule has 0 unspecified atom stereocenters. The molecule has 1 aliphatic rings. The summed E-state index contributed by atoms with van der Waals surface area (Å²) >= 11 is 5.99. The largest absolute Gasteiger partial charge is 0.461 e. The predicted molar refractivity (Wildman–Crippen MR) is 110 cm³/mol. The van der Waals surface area contributed by atoms with E-state index in [1.807, 2.05) is 0 Å². The lowest BCUT2D eigenvalue weighted by molar-refractivity contribution is -0.126. The van der Waals surface area contributed by atoms with Crippen LogP contribution in [0, 0.1) is 0 Å². The first-order valence-corrected chi connectivity index (χ1v) is 9.82. The molecule has 0 radical (unpaired) electrons. The first-order valence-electron chi connectivity index (χ1n) is 9.44. The van der Waals surface area contributed by atoms with Crippen molar-refractivity contribution >= 4 is 35.1 Å². The molecule has 1 N–H and O–H groups in total. The number of esters is 1. The van der Waals surface area contributed by atoms with Gasteiger partial charge in [0.2, 0.25) is 5.91 Å². The summed E-state index contributed by atoms with van der Waals surface area (Å²) < 4.78 is 11.3. The highest BCUT2D eigenvalue weighted by Gasteiger charge is 2.49. The smallest absolute Gasteiger partial charge is 0.358 e.